The first kappa shape index (κ1) is 18.2. The minimum absolute atomic E-state index is 0.112. The molecule has 0 fully saturated rings. The minimum Gasteiger partial charge on any atom is -0.444 e. The topological polar surface area (TPSA) is 100 Å². The fourth-order valence-corrected chi connectivity index (χ4v) is 1.82. The Morgan fingerprint density at radius 2 is 1.95 bits per heavy atom. The van der Waals surface area contributed by atoms with Crippen LogP contribution in [0.15, 0.2) is 21.2 Å². The van der Waals surface area contributed by atoms with Crippen molar-refractivity contribution >= 4 is 33.7 Å². The van der Waals surface area contributed by atoms with Gasteiger partial charge in [-0.3, -0.25) is 14.4 Å². The standard InChI is InChI=1S/C14H20BrN3O4/c1-3-9(2)18-12(19)6-7-16-13(20)8-17-14(21)10-4-5-11(15)22-10/h4-5,9H,3,6-8H2,1-2H3,(H,16,20)(H,17,21)(H,18,19)/t9-/m0/s1. The van der Waals surface area contributed by atoms with Gasteiger partial charge >= 0.3 is 0 Å². The van der Waals surface area contributed by atoms with Crippen molar-refractivity contribution in [1.82, 2.24) is 16.0 Å². The number of rotatable bonds is 8. The van der Waals surface area contributed by atoms with Crippen LogP contribution in [0.4, 0.5) is 0 Å². The van der Waals surface area contributed by atoms with Crippen LogP contribution in [0.2, 0.25) is 0 Å². The van der Waals surface area contributed by atoms with Gasteiger partial charge in [0, 0.05) is 19.0 Å². The minimum atomic E-state index is -0.477. The average molecular weight is 374 g/mol. The van der Waals surface area contributed by atoms with Crippen LogP contribution in [0.5, 0.6) is 0 Å². The Kier molecular flexibility index (Phi) is 7.65. The van der Waals surface area contributed by atoms with Crippen molar-refractivity contribution in [3.63, 3.8) is 0 Å². The Labute approximate surface area is 137 Å². The second kappa shape index (κ2) is 9.24. The highest BCUT2D eigenvalue weighted by Gasteiger charge is 2.12. The maximum absolute atomic E-state index is 11.6. The summed E-state index contributed by atoms with van der Waals surface area (Å²) in [5.74, 6) is -0.836. The smallest absolute Gasteiger partial charge is 0.287 e. The van der Waals surface area contributed by atoms with Crippen LogP contribution in [0.25, 0.3) is 0 Å². The van der Waals surface area contributed by atoms with E-state index in [1.54, 1.807) is 6.07 Å². The summed E-state index contributed by atoms with van der Waals surface area (Å²) in [7, 11) is 0. The molecule has 0 aromatic carbocycles. The van der Waals surface area contributed by atoms with E-state index in [-0.39, 0.29) is 43.1 Å². The molecule has 0 aliphatic heterocycles. The van der Waals surface area contributed by atoms with Gasteiger partial charge in [0.15, 0.2) is 10.4 Å². The van der Waals surface area contributed by atoms with Crippen LogP contribution in [0.1, 0.15) is 37.2 Å². The molecule has 1 atom stereocenters. The second-order valence-electron chi connectivity index (χ2n) is 4.76. The lowest BCUT2D eigenvalue weighted by Crippen LogP contribution is -2.39. The molecule has 0 saturated carbocycles. The van der Waals surface area contributed by atoms with E-state index in [1.807, 2.05) is 13.8 Å². The highest BCUT2D eigenvalue weighted by Crippen LogP contribution is 2.13. The van der Waals surface area contributed by atoms with E-state index < -0.39 is 5.91 Å². The maximum atomic E-state index is 11.6. The zero-order valence-corrected chi connectivity index (χ0v) is 14.2. The Morgan fingerprint density at radius 1 is 1.23 bits per heavy atom. The van der Waals surface area contributed by atoms with E-state index in [2.05, 4.69) is 31.9 Å². The highest BCUT2D eigenvalue weighted by molar-refractivity contribution is 9.10. The molecule has 122 valence electrons. The van der Waals surface area contributed by atoms with Crippen LogP contribution in [0.3, 0.4) is 0 Å². The van der Waals surface area contributed by atoms with Crippen molar-refractivity contribution in [2.45, 2.75) is 32.7 Å². The zero-order valence-electron chi connectivity index (χ0n) is 12.6. The first-order valence-corrected chi connectivity index (χ1v) is 7.81. The van der Waals surface area contributed by atoms with Crippen LogP contribution >= 0.6 is 15.9 Å². The molecule has 3 N–H and O–H groups in total. The lowest BCUT2D eigenvalue weighted by atomic mass is 10.2. The third-order valence-corrected chi connectivity index (χ3v) is 3.33. The molecule has 0 spiro atoms. The summed E-state index contributed by atoms with van der Waals surface area (Å²) in [4.78, 5) is 34.7. The summed E-state index contributed by atoms with van der Waals surface area (Å²) in [5, 5.41) is 7.79. The van der Waals surface area contributed by atoms with Gasteiger partial charge in [-0.1, -0.05) is 6.92 Å². The van der Waals surface area contributed by atoms with Gasteiger partial charge in [0.25, 0.3) is 5.91 Å². The lowest BCUT2D eigenvalue weighted by Gasteiger charge is -2.11. The SMILES string of the molecule is CC[C@H](C)NC(=O)CCNC(=O)CNC(=O)c1ccc(Br)o1. The molecule has 0 bridgehead atoms. The Balaban J connectivity index is 2.18. The van der Waals surface area contributed by atoms with E-state index in [1.165, 1.54) is 6.07 Å². The molecule has 22 heavy (non-hydrogen) atoms. The number of carbonyl (C=O) groups excluding carboxylic acids is 3. The molecular weight excluding hydrogens is 354 g/mol. The molecule has 1 heterocycles. The molecule has 1 rings (SSSR count). The van der Waals surface area contributed by atoms with Crippen molar-refractivity contribution in [3.05, 3.63) is 22.6 Å². The van der Waals surface area contributed by atoms with E-state index >= 15 is 0 Å². The third kappa shape index (κ3) is 6.75. The van der Waals surface area contributed by atoms with Crippen molar-refractivity contribution in [2.24, 2.45) is 0 Å². The predicted octanol–water partition coefficient (Wildman–Crippen LogP) is 1.19. The first-order chi connectivity index (χ1) is 10.4. The van der Waals surface area contributed by atoms with Gasteiger partial charge in [-0.15, -0.1) is 0 Å². The van der Waals surface area contributed by atoms with Crippen molar-refractivity contribution in [2.75, 3.05) is 13.1 Å². The van der Waals surface area contributed by atoms with Gasteiger partial charge in [-0.25, -0.2) is 0 Å². The zero-order chi connectivity index (χ0) is 16.5. The van der Waals surface area contributed by atoms with Gasteiger partial charge in [0.1, 0.15) is 0 Å². The highest BCUT2D eigenvalue weighted by atomic mass is 79.9. The van der Waals surface area contributed by atoms with Gasteiger partial charge in [-0.05, 0) is 41.4 Å². The number of hydrogen-bond acceptors (Lipinski definition) is 4. The van der Waals surface area contributed by atoms with Gasteiger partial charge in [0.05, 0.1) is 6.54 Å². The maximum Gasteiger partial charge on any atom is 0.287 e. The fraction of sp³-hybridized carbons (Fsp3) is 0.500. The van der Waals surface area contributed by atoms with E-state index in [9.17, 15) is 14.4 Å². The largest absolute Gasteiger partial charge is 0.444 e. The Hall–Kier alpha value is -1.83. The summed E-state index contributed by atoms with van der Waals surface area (Å²) in [6, 6.07) is 3.21. The molecule has 3 amide bonds. The molecule has 1 aromatic rings. The molecule has 0 radical (unpaired) electrons. The Morgan fingerprint density at radius 3 is 2.55 bits per heavy atom. The molecule has 0 unspecified atom stereocenters. The summed E-state index contributed by atoms with van der Waals surface area (Å²) in [6.45, 7) is 3.94. The van der Waals surface area contributed by atoms with Gasteiger partial charge in [0.2, 0.25) is 11.8 Å². The summed E-state index contributed by atoms with van der Waals surface area (Å²) < 4.78 is 5.50. The first-order valence-electron chi connectivity index (χ1n) is 7.02. The van der Waals surface area contributed by atoms with Crippen molar-refractivity contribution in [1.29, 1.82) is 0 Å². The quantitative estimate of drug-likeness (QED) is 0.636. The van der Waals surface area contributed by atoms with Crippen LogP contribution in [-0.4, -0.2) is 36.9 Å². The second-order valence-corrected chi connectivity index (χ2v) is 5.54. The number of hydrogen-bond donors (Lipinski definition) is 3. The molecule has 7 nitrogen and oxygen atoms in total. The molecule has 0 aliphatic carbocycles. The number of halogens is 1. The number of nitrogens with one attached hydrogen (secondary N) is 3. The van der Waals surface area contributed by atoms with Gasteiger partial charge in [-0.2, -0.15) is 0 Å². The summed E-state index contributed by atoms with van der Waals surface area (Å²) in [5.41, 5.74) is 0. The van der Waals surface area contributed by atoms with Crippen LogP contribution in [0, 0.1) is 0 Å². The molecule has 8 heteroatoms. The average Bonchev–Trinajstić information content (AvgIpc) is 2.91. The predicted molar refractivity (Wildman–Crippen MR) is 84.3 cm³/mol. The summed E-state index contributed by atoms with van der Waals surface area (Å²) in [6.07, 6.45) is 1.06. The number of carbonyl (C=O) groups is 3. The molecule has 1 aromatic heterocycles. The fourth-order valence-electron chi connectivity index (χ4n) is 1.51. The number of furan rings is 1. The number of amides is 3. The van der Waals surface area contributed by atoms with Crippen molar-refractivity contribution < 1.29 is 18.8 Å². The normalized spacial score (nSPS) is 11.6. The molecular formula is C14H20BrN3O4. The third-order valence-electron chi connectivity index (χ3n) is 2.90. The monoisotopic (exact) mass is 373 g/mol. The molecule has 0 aliphatic rings. The Bertz CT molecular complexity index is 530. The van der Waals surface area contributed by atoms with E-state index in [0.29, 0.717) is 4.67 Å². The van der Waals surface area contributed by atoms with E-state index in [4.69, 9.17) is 4.42 Å². The summed E-state index contributed by atoms with van der Waals surface area (Å²) >= 11 is 3.09. The van der Waals surface area contributed by atoms with Crippen LogP contribution in [-0.2, 0) is 9.59 Å². The lowest BCUT2D eigenvalue weighted by molar-refractivity contribution is -0.122. The van der Waals surface area contributed by atoms with Crippen molar-refractivity contribution in [3.8, 4) is 0 Å². The van der Waals surface area contributed by atoms with Gasteiger partial charge < -0.3 is 20.4 Å². The van der Waals surface area contributed by atoms with E-state index in [0.717, 1.165) is 6.42 Å². The van der Waals surface area contributed by atoms with Crippen LogP contribution < -0.4 is 16.0 Å². The molecule has 0 saturated heterocycles.